The highest BCUT2D eigenvalue weighted by Crippen LogP contribution is 2.33. The van der Waals surface area contributed by atoms with E-state index in [9.17, 15) is 5.11 Å². The Balaban J connectivity index is 1.54. The van der Waals surface area contributed by atoms with Crippen molar-refractivity contribution >= 4 is 17.3 Å². The molecule has 8 nitrogen and oxygen atoms in total. The Bertz CT molecular complexity index is 1040. The molecule has 1 saturated heterocycles. The topological polar surface area (TPSA) is 111 Å². The third-order valence-electron chi connectivity index (χ3n) is 4.98. The molecule has 2 aromatic heterocycles. The average molecular weight is 408 g/mol. The summed E-state index contributed by atoms with van der Waals surface area (Å²) >= 11 is 1.36. The average Bonchev–Trinajstić information content (AvgIpc) is 3.23. The summed E-state index contributed by atoms with van der Waals surface area (Å²) in [6.07, 6.45) is 1.64. The predicted molar refractivity (Wildman–Crippen MR) is 112 cm³/mol. The van der Waals surface area contributed by atoms with Crippen molar-refractivity contribution in [3.05, 3.63) is 35.5 Å². The van der Waals surface area contributed by atoms with Crippen LogP contribution in [0.25, 0.3) is 21.8 Å². The number of nitrogens with one attached hydrogen (secondary N) is 1. The normalized spacial score (nSPS) is 16.8. The van der Waals surface area contributed by atoms with Gasteiger partial charge in [0.1, 0.15) is 22.5 Å². The van der Waals surface area contributed by atoms with E-state index in [1.165, 1.54) is 11.3 Å². The lowest BCUT2D eigenvalue weighted by molar-refractivity contribution is 0.365. The van der Waals surface area contributed by atoms with Crippen molar-refractivity contribution < 1.29 is 5.11 Å². The van der Waals surface area contributed by atoms with Crippen molar-refractivity contribution in [1.29, 1.82) is 5.26 Å². The van der Waals surface area contributed by atoms with E-state index in [2.05, 4.69) is 44.2 Å². The molecule has 1 fully saturated rings. The molecule has 0 amide bonds. The number of aromatic nitrogens is 4. The number of nitrogens with zero attached hydrogens (tertiary/aromatic N) is 6. The maximum Gasteiger partial charge on any atom is 0.245 e. The smallest absolute Gasteiger partial charge is 0.245 e. The van der Waals surface area contributed by atoms with Gasteiger partial charge in [0.05, 0.1) is 6.20 Å². The Labute approximate surface area is 172 Å². The van der Waals surface area contributed by atoms with Crippen molar-refractivity contribution in [2.24, 2.45) is 5.92 Å². The van der Waals surface area contributed by atoms with E-state index < -0.39 is 0 Å². The molecule has 1 aromatic carbocycles. The maximum absolute atomic E-state index is 10.5. The van der Waals surface area contributed by atoms with Crippen LogP contribution in [0.2, 0.25) is 0 Å². The van der Waals surface area contributed by atoms with Crippen molar-refractivity contribution in [3.8, 4) is 33.6 Å². The number of aromatic hydroxyl groups is 1. The van der Waals surface area contributed by atoms with Crippen LogP contribution >= 0.6 is 11.3 Å². The second kappa shape index (κ2) is 8.11. The third kappa shape index (κ3) is 4.04. The molecule has 0 bridgehead atoms. The molecule has 1 aliphatic heterocycles. The molecule has 0 unspecified atom stereocenters. The van der Waals surface area contributed by atoms with Crippen molar-refractivity contribution in [3.63, 3.8) is 0 Å². The fraction of sp³-hybridized carbons (Fsp3) is 0.350. The molecule has 9 heteroatoms. The Hall–Kier alpha value is -3.09. The monoisotopic (exact) mass is 407 g/mol. The minimum atomic E-state index is 0.0714. The van der Waals surface area contributed by atoms with Crippen LogP contribution in [0, 0.1) is 17.2 Å². The molecule has 1 aliphatic rings. The van der Waals surface area contributed by atoms with E-state index in [1.54, 1.807) is 23.7 Å². The minimum Gasteiger partial charge on any atom is -0.507 e. The highest BCUT2D eigenvalue weighted by molar-refractivity contribution is 7.13. The summed E-state index contributed by atoms with van der Waals surface area (Å²) in [5, 5.41) is 33.9. The summed E-state index contributed by atoms with van der Waals surface area (Å²) in [4.78, 5) is 10.8. The molecule has 0 saturated carbocycles. The molecule has 3 aromatic rings. The molecule has 3 heterocycles. The van der Waals surface area contributed by atoms with Crippen LogP contribution in [0.15, 0.2) is 29.8 Å². The first kappa shape index (κ1) is 19.2. The van der Waals surface area contributed by atoms with Gasteiger partial charge >= 0.3 is 0 Å². The highest BCUT2D eigenvalue weighted by atomic mass is 32.1. The first-order valence-electron chi connectivity index (χ1n) is 9.42. The number of hydrogen-bond donors (Lipinski definition) is 2. The zero-order valence-corrected chi connectivity index (χ0v) is 17.0. The molecule has 2 N–H and O–H groups in total. The number of phenolic OH excluding ortho intramolecular Hbond substituents is 1. The molecule has 0 spiro atoms. The van der Waals surface area contributed by atoms with E-state index in [-0.39, 0.29) is 5.75 Å². The van der Waals surface area contributed by atoms with Gasteiger partial charge in [-0.2, -0.15) is 5.26 Å². The molecule has 0 radical (unpaired) electrons. The fourth-order valence-corrected chi connectivity index (χ4v) is 4.03. The van der Waals surface area contributed by atoms with E-state index in [1.807, 2.05) is 12.1 Å². The summed E-state index contributed by atoms with van der Waals surface area (Å²) in [7, 11) is 0. The first-order valence-corrected chi connectivity index (χ1v) is 10.3. The van der Waals surface area contributed by atoms with E-state index in [0.29, 0.717) is 39.9 Å². The van der Waals surface area contributed by atoms with Gasteiger partial charge in [-0.3, -0.25) is 0 Å². The van der Waals surface area contributed by atoms with Gasteiger partial charge < -0.3 is 15.3 Å². The van der Waals surface area contributed by atoms with Gasteiger partial charge in [0.15, 0.2) is 5.69 Å². The van der Waals surface area contributed by atoms with Crippen LogP contribution in [-0.2, 0) is 0 Å². The molecule has 29 heavy (non-hydrogen) atoms. The van der Waals surface area contributed by atoms with Crippen LogP contribution in [0.1, 0.15) is 19.5 Å². The van der Waals surface area contributed by atoms with Crippen molar-refractivity contribution in [2.75, 3.05) is 24.5 Å². The van der Waals surface area contributed by atoms with Gasteiger partial charge in [-0.05, 0) is 18.1 Å². The van der Waals surface area contributed by atoms with Crippen LogP contribution in [0.4, 0.5) is 5.95 Å². The largest absolute Gasteiger partial charge is 0.507 e. The number of anilines is 1. The number of rotatable bonds is 4. The summed E-state index contributed by atoms with van der Waals surface area (Å²) in [5.74, 6) is 1.20. The standard InChI is InChI=1S/C20H21N7OS/c1-12(2)17-10-27(6-5-22-17)20-23-9-16(25-26-20)15-4-3-13(7-18(15)28)19-24-14(8-21)11-29-19/h3-4,7,9,11-12,17,22,28H,5-6,10H2,1-2H3/t17-/m1/s1. The van der Waals surface area contributed by atoms with E-state index in [0.717, 1.165) is 25.2 Å². The number of thiazole rings is 1. The third-order valence-corrected chi connectivity index (χ3v) is 5.87. The lowest BCUT2D eigenvalue weighted by atomic mass is 10.0. The van der Waals surface area contributed by atoms with Crippen LogP contribution in [0.5, 0.6) is 5.75 Å². The van der Waals surface area contributed by atoms with E-state index >= 15 is 0 Å². The fourth-order valence-electron chi connectivity index (χ4n) is 3.28. The SMILES string of the molecule is CC(C)[C@H]1CN(c2ncc(-c3ccc(-c4nc(C#N)cs4)cc3O)nn2)CCN1. The first-order chi connectivity index (χ1) is 14.0. The van der Waals surface area contributed by atoms with Gasteiger partial charge in [-0.15, -0.1) is 21.5 Å². The molecular formula is C20H21N7OS. The second-order valence-corrected chi connectivity index (χ2v) is 8.13. The van der Waals surface area contributed by atoms with Crippen molar-refractivity contribution in [1.82, 2.24) is 25.5 Å². The number of nitriles is 1. The molecule has 0 aliphatic carbocycles. The number of phenols is 1. The summed E-state index contributed by atoms with van der Waals surface area (Å²) in [5.41, 5.74) is 2.17. The number of hydrogen-bond acceptors (Lipinski definition) is 9. The van der Waals surface area contributed by atoms with Crippen LogP contribution in [-0.4, -0.2) is 50.9 Å². The molecule has 4 rings (SSSR count). The number of piperazine rings is 1. The van der Waals surface area contributed by atoms with Gasteiger partial charge in [0.2, 0.25) is 5.95 Å². The predicted octanol–water partition coefficient (Wildman–Crippen LogP) is 2.67. The summed E-state index contributed by atoms with van der Waals surface area (Å²) < 4.78 is 0. The van der Waals surface area contributed by atoms with Crippen molar-refractivity contribution in [2.45, 2.75) is 19.9 Å². The Morgan fingerprint density at radius 3 is 2.86 bits per heavy atom. The van der Waals surface area contributed by atoms with Gasteiger partial charge in [0, 0.05) is 42.2 Å². The summed E-state index contributed by atoms with van der Waals surface area (Å²) in [6.45, 7) is 6.96. The maximum atomic E-state index is 10.5. The lowest BCUT2D eigenvalue weighted by Crippen LogP contribution is -2.53. The molecule has 148 valence electrons. The van der Waals surface area contributed by atoms with Gasteiger partial charge in [0.25, 0.3) is 0 Å². The highest BCUT2D eigenvalue weighted by Gasteiger charge is 2.23. The second-order valence-electron chi connectivity index (χ2n) is 7.28. The van der Waals surface area contributed by atoms with Crippen LogP contribution < -0.4 is 10.2 Å². The number of benzene rings is 1. The van der Waals surface area contributed by atoms with E-state index in [4.69, 9.17) is 5.26 Å². The molecular weight excluding hydrogens is 386 g/mol. The van der Waals surface area contributed by atoms with Gasteiger partial charge in [-0.25, -0.2) is 9.97 Å². The molecule has 1 atom stereocenters. The van der Waals surface area contributed by atoms with Gasteiger partial charge in [-0.1, -0.05) is 19.9 Å². The lowest BCUT2D eigenvalue weighted by Gasteiger charge is -2.35. The Kier molecular flexibility index (Phi) is 5.38. The Morgan fingerprint density at radius 2 is 2.21 bits per heavy atom. The quantitative estimate of drug-likeness (QED) is 0.679. The van der Waals surface area contributed by atoms with Crippen LogP contribution in [0.3, 0.4) is 0 Å². The minimum absolute atomic E-state index is 0.0714. The Morgan fingerprint density at radius 1 is 1.34 bits per heavy atom. The zero-order chi connectivity index (χ0) is 20.4. The zero-order valence-electron chi connectivity index (χ0n) is 16.2. The summed E-state index contributed by atoms with van der Waals surface area (Å²) in [6, 6.07) is 7.64.